The number of hydrogen-bond acceptors (Lipinski definition) is 4. The van der Waals surface area contributed by atoms with Crippen LogP contribution in [0.25, 0.3) is 33.7 Å². The van der Waals surface area contributed by atoms with E-state index < -0.39 is 0 Å². The molecule has 0 atom stereocenters. The monoisotopic (exact) mass is 348 g/mol. The zero-order valence-corrected chi connectivity index (χ0v) is 14.8. The highest BCUT2D eigenvalue weighted by molar-refractivity contribution is 6.11. The van der Waals surface area contributed by atoms with E-state index in [0.717, 1.165) is 32.0 Å². The lowest BCUT2D eigenvalue weighted by Crippen LogP contribution is -2.18. The van der Waals surface area contributed by atoms with E-state index in [-0.39, 0.29) is 11.9 Å². The molecule has 4 heteroatoms. The van der Waals surface area contributed by atoms with Gasteiger partial charge >= 0.3 is 11.9 Å². The number of ether oxygens (including phenoxy) is 2. The Kier molecular flexibility index (Phi) is 5.32. The standard InChI is InChI=1S/C22H20O4/c1-3-25-21(23)13-19-15-9-5-7-11-17(15)20(14-22(24)26-4-2)18-12-8-6-10-16(18)19/h5-14H,3-4H2,1-2H3. The topological polar surface area (TPSA) is 52.6 Å². The minimum Gasteiger partial charge on any atom is -0.463 e. The summed E-state index contributed by atoms with van der Waals surface area (Å²) in [6.07, 6.45) is 3.03. The van der Waals surface area contributed by atoms with Crippen LogP contribution in [0.5, 0.6) is 0 Å². The zero-order chi connectivity index (χ0) is 18.5. The van der Waals surface area contributed by atoms with Crippen molar-refractivity contribution in [2.24, 2.45) is 0 Å². The normalized spacial score (nSPS) is 10.5. The van der Waals surface area contributed by atoms with Crippen LogP contribution < -0.4 is 10.4 Å². The number of rotatable bonds is 4. The molecule has 3 aromatic carbocycles. The lowest BCUT2D eigenvalue weighted by molar-refractivity contribution is -0.136. The van der Waals surface area contributed by atoms with Gasteiger partial charge in [0.15, 0.2) is 0 Å². The molecule has 0 aliphatic rings. The Hall–Kier alpha value is -3.14. The molecule has 3 rings (SSSR count). The van der Waals surface area contributed by atoms with Crippen molar-refractivity contribution in [3.8, 4) is 0 Å². The van der Waals surface area contributed by atoms with E-state index in [4.69, 9.17) is 9.47 Å². The molecule has 4 nitrogen and oxygen atoms in total. The van der Waals surface area contributed by atoms with Crippen LogP contribution in [0.4, 0.5) is 0 Å². The van der Waals surface area contributed by atoms with E-state index in [0.29, 0.717) is 13.2 Å². The SMILES string of the molecule is CCOC(=O)C=c1c2ccccc2c(=CC(=O)OCC)c2ccccc12. The van der Waals surface area contributed by atoms with Gasteiger partial charge in [-0.2, -0.15) is 0 Å². The first-order chi connectivity index (χ1) is 12.7. The van der Waals surface area contributed by atoms with Crippen LogP contribution in [-0.4, -0.2) is 25.2 Å². The molecule has 0 fully saturated rings. The first kappa shape index (κ1) is 17.7. The van der Waals surface area contributed by atoms with Gasteiger partial charge in [0, 0.05) is 12.2 Å². The maximum Gasteiger partial charge on any atom is 0.331 e. The molecule has 0 saturated carbocycles. The van der Waals surface area contributed by atoms with Crippen molar-refractivity contribution in [3.63, 3.8) is 0 Å². The highest BCUT2D eigenvalue weighted by Crippen LogP contribution is 2.14. The third-order valence-corrected chi connectivity index (χ3v) is 4.11. The Labute approximate surface area is 151 Å². The van der Waals surface area contributed by atoms with Crippen LogP contribution in [0.2, 0.25) is 0 Å². The van der Waals surface area contributed by atoms with Crippen LogP contribution in [-0.2, 0) is 19.1 Å². The van der Waals surface area contributed by atoms with Gasteiger partial charge in [-0.1, -0.05) is 48.5 Å². The first-order valence-electron chi connectivity index (χ1n) is 8.62. The minimum absolute atomic E-state index is 0.319. The summed E-state index contributed by atoms with van der Waals surface area (Å²) in [5.41, 5.74) is 0. The molecule has 0 N–H and O–H groups in total. The van der Waals surface area contributed by atoms with E-state index in [9.17, 15) is 9.59 Å². The van der Waals surface area contributed by atoms with Crippen molar-refractivity contribution in [3.05, 3.63) is 59.0 Å². The summed E-state index contributed by atoms with van der Waals surface area (Å²) >= 11 is 0. The van der Waals surface area contributed by atoms with Gasteiger partial charge in [-0.25, -0.2) is 9.59 Å². The van der Waals surface area contributed by atoms with E-state index in [2.05, 4.69) is 0 Å². The average molecular weight is 348 g/mol. The molecule has 3 aromatic rings. The molecule has 0 aliphatic carbocycles. The highest BCUT2D eigenvalue weighted by Gasteiger charge is 2.08. The predicted octanol–water partition coefficient (Wildman–Crippen LogP) is 2.68. The molecule has 0 aliphatic heterocycles. The summed E-state index contributed by atoms with van der Waals surface area (Å²) in [6, 6.07) is 15.4. The molecule has 0 unspecified atom stereocenters. The molecule has 0 bridgehead atoms. The van der Waals surface area contributed by atoms with Crippen molar-refractivity contribution in [1.82, 2.24) is 0 Å². The van der Waals surface area contributed by atoms with E-state index in [1.807, 2.05) is 48.5 Å². The van der Waals surface area contributed by atoms with Crippen molar-refractivity contribution >= 4 is 45.6 Å². The molecule has 0 saturated heterocycles. The maximum absolute atomic E-state index is 12.1. The lowest BCUT2D eigenvalue weighted by Gasteiger charge is -2.08. The average Bonchev–Trinajstić information content (AvgIpc) is 2.65. The smallest absolute Gasteiger partial charge is 0.331 e. The first-order valence-corrected chi connectivity index (χ1v) is 8.62. The quantitative estimate of drug-likeness (QED) is 0.537. The second-order valence-electron chi connectivity index (χ2n) is 5.71. The third-order valence-electron chi connectivity index (χ3n) is 4.11. The molecular formula is C22H20O4. The van der Waals surface area contributed by atoms with Crippen molar-refractivity contribution in [2.75, 3.05) is 13.2 Å². The van der Waals surface area contributed by atoms with Gasteiger partial charge in [0.05, 0.1) is 13.2 Å². The third kappa shape index (κ3) is 3.45. The van der Waals surface area contributed by atoms with E-state index in [1.54, 1.807) is 13.8 Å². The van der Waals surface area contributed by atoms with Crippen molar-refractivity contribution in [1.29, 1.82) is 0 Å². The lowest BCUT2D eigenvalue weighted by atomic mass is 9.97. The fraction of sp³-hybridized carbons (Fsp3) is 0.182. The van der Waals surface area contributed by atoms with Gasteiger partial charge in [0.2, 0.25) is 0 Å². The Balaban J connectivity index is 2.48. The largest absolute Gasteiger partial charge is 0.463 e. The van der Waals surface area contributed by atoms with Crippen LogP contribution >= 0.6 is 0 Å². The van der Waals surface area contributed by atoms with Crippen LogP contribution in [0.3, 0.4) is 0 Å². The molecular weight excluding hydrogens is 328 g/mol. The Morgan fingerprint density at radius 3 is 1.27 bits per heavy atom. The van der Waals surface area contributed by atoms with Gasteiger partial charge in [-0.15, -0.1) is 0 Å². The van der Waals surface area contributed by atoms with Crippen LogP contribution in [0.15, 0.2) is 48.5 Å². The van der Waals surface area contributed by atoms with Crippen LogP contribution in [0, 0.1) is 0 Å². The number of esters is 2. The van der Waals surface area contributed by atoms with Gasteiger partial charge < -0.3 is 9.47 Å². The Bertz CT molecular complexity index is 945. The second kappa shape index (κ2) is 7.83. The molecule has 0 radical (unpaired) electrons. The summed E-state index contributed by atoms with van der Waals surface area (Å²) in [4.78, 5) is 24.2. The highest BCUT2D eigenvalue weighted by atomic mass is 16.5. The summed E-state index contributed by atoms with van der Waals surface area (Å²) in [5, 5.41) is 5.11. The summed E-state index contributed by atoms with van der Waals surface area (Å²) in [6.45, 7) is 4.19. The number of fused-ring (bicyclic) bond motifs is 2. The van der Waals surface area contributed by atoms with E-state index in [1.165, 1.54) is 12.2 Å². The predicted molar refractivity (Wildman–Crippen MR) is 103 cm³/mol. The molecule has 132 valence electrons. The van der Waals surface area contributed by atoms with Gasteiger partial charge in [0.1, 0.15) is 0 Å². The minimum atomic E-state index is -0.384. The van der Waals surface area contributed by atoms with Crippen molar-refractivity contribution in [2.45, 2.75) is 13.8 Å². The number of carbonyl (C=O) groups excluding carboxylic acids is 2. The summed E-state index contributed by atoms with van der Waals surface area (Å²) in [5.74, 6) is -0.769. The molecule has 0 heterocycles. The fourth-order valence-electron chi connectivity index (χ4n) is 3.11. The van der Waals surface area contributed by atoms with Crippen molar-refractivity contribution < 1.29 is 19.1 Å². The fourth-order valence-corrected chi connectivity index (χ4v) is 3.11. The number of carbonyl (C=O) groups is 2. The molecule has 0 aromatic heterocycles. The Morgan fingerprint density at radius 1 is 0.692 bits per heavy atom. The maximum atomic E-state index is 12.1. The van der Waals surface area contributed by atoms with E-state index >= 15 is 0 Å². The number of benzene rings is 3. The van der Waals surface area contributed by atoms with Gasteiger partial charge in [-0.3, -0.25) is 0 Å². The molecule has 26 heavy (non-hydrogen) atoms. The molecule has 0 amide bonds. The van der Waals surface area contributed by atoms with Gasteiger partial charge in [0.25, 0.3) is 0 Å². The second-order valence-corrected chi connectivity index (χ2v) is 5.71. The zero-order valence-electron chi connectivity index (χ0n) is 14.8. The number of hydrogen-bond donors (Lipinski definition) is 0. The summed E-state index contributed by atoms with van der Waals surface area (Å²) < 4.78 is 10.2. The Morgan fingerprint density at radius 2 is 1.00 bits per heavy atom. The van der Waals surface area contributed by atoms with Crippen LogP contribution in [0.1, 0.15) is 13.8 Å². The van der Waals surface area contributed by atoms with Gasteiger partial charge in [-0.05, 0) is 45.8 Å². The summed E-state index contributed by atoms with van der Waals surface area (Å²) in [7, 11) is 0. The molecule has 0 spiro atoms.